The topological polar surface area (TPSA) is 49.8 Å². The van der Waals surface area contributed by atoms with Gasteiger partial charge in [0.25, 0.3) is 0 Å². The first-order valence-electron chi connectivity index (χ1n) is 6.83. The molecule has 19 heavy (non-hydrogen) atoms. The lowest BCUT2D eigenvalue weighted by Gasteiger charge is -2.18. The summed E-state index contributed by atoms with van der Waals surface area (Å²) in [6.07, 6.45) is 2.57. The van der Waals surface area contributed by atoms with E-state index in [1.54, 1.807) is 12.0 Å². The number of aryl methyl sites for hydroxylation is 1. The molecule has 1 amide bonds. The number of hydrogen-bond acceptors (Lipinski definition) is 2. The van der Waals surface area contributed by atoms with Crippen LogP contribution in [0.4, 0.5) is 4.79 Å². The average Bonchev–Trinajstić information content (AvgIpc) is 2.76. The van der Waals surface area contributed by atoms with E-state index in [9.17, 15) is 9.90 Å². The van der Waals surface area contributed by atoms with Crippen LogP contribution >= 0.6 is 0 Å². The largest absolute Gasteiger partial charge is 0.497 e. The second kappa shape index (κ2) is 4.76. The Morgan fingerprint density at radius 2 is 2.26 bits per heavy atom. The van der Waals surface area contributed by atoms with E-state index >= 15 is 0 Å². The lowest BCUT2D eigenvalue weighted by atomic mass is 9.87. The molecular formula is C15H19NO3. The highest BCUT2D eigenvalue weighted by Gasteiger charge is 2.38. The number of ether oxygens (including phenoxy) is 1. The van der Waals surface area contributed by atoms with Crippen LogP contribution in [0.25, 0.3) is 0 Å². The van der Waals surface area contributed by atoms with Crippen LogP contribution in [-0.2, 0) is 6.42 Å². The van der Waals surface area contributed by atoms with E-state index in [0.29, 0.717) is 24.9 Å². The van der Waals surface area contributed by atoms with Crippen LogP contribution in [0.3, 0.4) is 0 Å². The molecule has 1 aliphatic heterocycles. The number of carboxylic acid groups (broad SMARTS) is 1. The number of fused-ring (bicyclic) bond motifs is 3. The van der Waals surface area contributed by atoms with Gasteiger partial charge in [0.1, 0.15) is 5.75 Å². The first kappa shape index (κ1) is 12.3. The van der Waals surface area contributed by atoms with Crippen molar-refractivity contribution in [3.05, 3.63) is 29.3 Å². The van der Waals surface area contributed by atoms with Crippen LogP contribution in [0, 0.1) is 5.92 Å². The van der Waals surface area contributed by atoms with Crippen LogP contribution in [0.1, 0.15) is 29.9 Å². The van der Waals surface area contributed by atoms with Gasteiger partial charge >= 0.3 is 6.09 Å². The lowest BCUT2D eigenvalue weighted by Crippen LogP contribution is -2.27. The van der Waals surface area contributed by atoms with Crippen molar-refractivity contribution in [1.82, 2.24) is 4.90 Å². The molecule has 0 unspecified atom stereocenters. The van der Waals surface area contributed by atoms with Crippen LogP contribution in [0.15, 0.2) is 18.2 Å². The summed E-state index contributed by atoms with van der Waals surface area (Å²) < 4.78 is 5.31. The van der Waals surface area contributed by atoms with Crippen molar-refractivity contribution in [2.24, 2.45) is 5.92 Å². The average molecular weight is 261 g/mol. The SMILES string of the molecule is COc1ccc2c(c1)[C@@H]1CN(C(=O)O)C[C@H]1CCC2. The Hall–Kier alpha value is -1.71. The Morgan fingerprint density at radius 1 is 1.42 bits per heavy atom. The smallest absolute Gasteiger partial charge is 0.407 e. The highest BCUT2D eigenvalue weighted by molar-refractivity contribution is 5.65. The molecule has 0 spiro atoms. The van der Waals surface area contributed by atoms with Crippen molar-refractivity contribution in [1.29, 1.82) is 0 Å². The summed E-state index contributed by atoms with van der Waals surface area (Å²) in [5.74, 6) is 1.67. The van der Waals surface area contributed by atoms with Gasteiger partial charge in [0.05, 0.1) is 7.11 Å². The molecular weight excluding hydrogens is 242 g/mol. The number of methoxy groups -OCH3 is 1. The van der Waals surface area contributed by atoms with E-state index in [4.69, 9.17) is 4.74 Å². The molecule has 3 rings (SSSR count). The Bertz CT molecular complexity index is 500. The zero-order valence-electron chi connectivity index (χ0n) is 11.1. The maximum absolute atomic E-state index is 11.2. The number of hydrogen-bond donors (Lipinski definition) is 1. The summed E-state index contributed by atoms with van der Waals surface area (Å²) in [7, 11) is 1.67. The van der Waals surface area contributed by atoms with E-state index in [1.807, 2.05) is 6.07 Å². The van der Waals surface area contributed by atoms with E-state index in [1.165, 1.54) is 11.1 Å². The molecule has 0 bridgehead atoms. The fraction of sp³-hybridized carbons (Fsp3) is 0.533. The van der Waals surface area contributed by atoms with Gasteiger partial charge in [-0.15, -0.1) is 0 Å². The molecule has 2 atom stereocenters. The highest BCUT2D eigenvalue weighted by atomic mass is 16.5. The number of amides is 1. The first-order valence-corrected chi connectivity index (χ1v) is 6.83. The van der Waals surface area contributed by atoms with Crippen LogP contribution in [0.5, 0.6) is 5.75 Å². The van der Waals surface area contributed by atoms with Gasteiger partial charge in [-0.05, 0) is 48.4 Å². The summed E-state index contributed by atoms with van der Waals surface area (Å²) in [4.78, 5) is 12.7. The number of rotatable bonds is 1. The van der Waals surface area contributed by atoms with Gasteiger partial charge in [0, 0.05) is 19.0 Å². The predicted molar refractivity (Wildman–Crippen MR) is 71.8 cm³/mol. The molecule has 0 saturated carbocycles. The summed E-state index contributed by atoms with van der Waals surface area (Å²) in [5.41, 5.74) is 2.66. The third-order valence-electron chi connectivity index (χ3n) is 4.49. The van der Waals surface area contributed by atoms with Gasteiger partial charge in [-0.25, -0.2) is 4.79 Å². The first-order chi connectivity index (χ1) is 9.19. The van der Waals surface area contributed by atoms with Crippen LogP contribution in [-0.4, -0.2) is 36.3 Å². The molecule has 2 aliphatic rings. The maximum atomic E-state index is 11.2. The fourth-order valence-electron chi connectivity index (χ4n) is 3.50. The summed E-state index contributed by atoms with van der Waals surface area (Å²) in [6, 6.07) is 6.24. The van der Waals surface area contributed by atoms with E-state index in [2.05, 4.69) is 12.1 Å². The minimum atomic E-state index is -0.794. The molecule has 4 heteroatoms. The molecule has 1 saturated heterocycles. The van der Waals surface area contributed by atoms with Crippen molar-refractivity contribution < 1.29 is 14.6 Å². The zero-order valence-corrected chi connectivity index (χ0v) is 11.1. The van der Waals surface area contributed by atoms with Gasteiger partial charge in [0.15, 0.2) is 0 Å². The number of carbonyl (C=O) groups is 1. The summed E-state index contributed by atoms with van der Waals surface area (Å²) in [5, 5.41) is 9.18. The molecule has 1 aliphatic carbocycles. The van der Waals surface area contributed by atoms with Crippen molar-refractivity contribution in [2.45, 2.75) is 25.2 Å². The van der Waals surface area contributed by atoms with Gasteiger partial charge in [-0.2, -0.15) is 0 Å². The molecule has 1 aromatic carbocycles. The molecule has 1 aromatic rings. The number of nitrogens with zero attached hydrogens (tertiary/aromatic N) is 1. The molecule has 0 aromatic heterocycles. The van der Waals surface area contributed by atoms with Gasteiger partial charge in [0.2, 0.25) is 0 Å². The Morgan fingerprint density at radius 3 is 3.00 bits per heavy atom. The zero-order chi connectivity index (χ0) is 13.4. The van der Waals surface area contributed by atoms with Gasteiger partial charge in [-0.1, -0.05) is 6.07 Å². The molecule has 4 nitrogen and oxygen atoms in total. The second-order valence-electron chi connectivity index (χ2n) is 5.51. The minimum Gasteiger partial charge on any atom is -0.497 e. The van der Waals surface area contributed by atoms with Crippen molar-refractivity contribution >= 4 is 6.09 Å². The summed E-state index contributed by atoms with van der Waals surface area (Å²) >= 11 is 0. The molecule has 1 N–H and O–H groups in total. The minimum absolute atomic E-state index is 0.337. The highest BCUT2D eigenvalue weighted by Crippen LogP contribution is 2.41. The van der Waals surface area contributed by atoms with Crippen molar-refractivity contribution in [2.75, 3.05) is 20.2 Å². The van der Waals surface area contributed by atoms with Crippen molar-refractivity contribution in [3.8, 4) is 5.75 Å². The Kier molecular flexibility index (Phi) is 3.09. The van der Waals surface area contributed by atoms with E-state index in [0.717, 1.165) is 25.0 Å². The van der Waals surface area contributed by atoms with Crippen molar-refractivity contribution in [3.63, 3.8) is 0 Å². The normalized spacial score (nSPS) is 25.4. The summed E-state index contributed by atoms with van der Waals surface area (Å²) in [6.45, 7) is 1.30. The molecule has 0 radical (unpaired) electrons. The molecule has 1 fully saturated rings. The van der Waals surface area contributed by atoms with Crippen LogP contribution in [0.2, 0.25) is 0 Å². The third-order valence-corrected chi connectivity index (χ3v) is 4.49. The number of likely N-dealkylation sites (tertiary alicyclic amines) is 1. The molecule has 1 heterocycles. The number of benzene rings is 1. The predicted octanol–water partition coefficient (Wildman–Crippen LogP) is 2.72. The lowest BCUT2D eigenvalue weighted by molar-refractivity contribution is 0.153. The maximum Gasteiger partial charge on any atom is 0.407 e. The monoisotopic (exact) mass is 261 g/mol. The van der Waals surface area contributed by atoms with E-state index < -0.39 is 6.09 Å². The Balaban J connectivity index is 1.97. The second-order valence-corrected chi connectivity index (χ2v) is 5.51. The van der Waals surface area contributed by atoms with Gasteiger partial charge in [-0.3, -0.25) is 0 Å². The van der Waals surface area contributed by atoms with Crippen LogP contribution < -0.4 is 4.74 Å². The fourth-order valence-corrected chi connectivity index (χ4v) is 3.50. The standard InChI is InChI=1S/C15H19NO3/c1-19-12-6-5-10-3-2-4-11-8-16(15(17)18)9-14(11)13(10)7-12/h5-7,11,14H,2-4,8-9H2,1H3,(H,17,18)/t11-,14-/m1/s1. The third kappa shape index (κ3) is 2.15. The Labute approximate surface area is 113 Å². The van der Waals surface area contributed by atoms with E-state index in [-0.39, 0.29) is 0 Å². The molecule has 102 valence electrons. The van der Waals surface area contributed by atoms with Gasteiger partial charge < -0.3 is 14.7 Å². The quantitative estimate of drug-likeness (QED) is 0.845.